The first-order chi connectivity index (χ1) is 7.92. The number of carbonyl (C=O) groups excluding carboxylic acids is 1. The maximum Gasteiger partial charge on any atom is 0.322 e. The van der Waals surface area contributed by atoms with Gasteiger partial charge in [0.2, 0.25) is 5.91 Å². The highest BCUT2D eigenvalue weighted by molar-refractivity contribution is 8.01. The van der Waals surface area contributed by atoms with Crippen LogP contribution in [0.25, 0.3) is 0 Å². The van der Waals surface area contributed by atoms with Crippen LogP contribution in [0.4, 0.5) is 0 Å². The molecule has 0 aliphatic heterocycles. The molecule has 0 spiro atoms. The Morgan fingerprint density at radius 2 is 1.88 bits per heavy atom. The summed E-state index contributed by atoms with van der Waals surface area (Å²) in [5, 5.41) is 10.9. The molecule has 1 aromatic carbocycles. The number of carboxylic acids is 1. The van der Waals surface area contributed by atoms with Crippen LogP contribution in [0, 0.1) is 0 Å². The summed E-state index contributed by atoms with van der Waals surface area (Å²) in [4.78, 5) is 23.1. The predicted molar refractivity (Wildman–Crippen MR) is 67.0 cm³/mol. The molecule has 0 atom stereocenters. The van der Waals surface area contributed by atoms with Crippen molar-refractivity contribution in [3.8, 4) is 0 Å². The largest absolute Gasteiger partial charge is 0.480 e. The SMILES string of the molecule is CC(C)(Sc1ccccc1)C(=O)NCC(=O)O. The third-order valence-electron chi connectivity index (χ3n) is 2.06. The summed E-state index contributed by atoms with van der Waals surface area (Å²) in [6, 6.07) is 9.52. The van der Waals surface area contributed by atoms with Crippen molar-refractivity contribution in [2.24, 2.45) is 0 Å². The van der Waals surface area contributed by atoms with Crippen LogP contribution < -0.4 is 5.32 Å². The molecule has 4 nitrogen and oxygen atoms in total. The second kappa shape index (κ2) is 5.72. The summed E-state index contributed by atoms with van der Waals surface area (Å²) in [6.07, 6.45) is 0. The molecule has 0 unspecified atom stereocenters. The fourth-order valence-electron chi connectivity index (χ4n) is 1.20. The molecule has 0 saturated carbocycles. The van der Waals surface area contributed by atoms with Gasteiger partial charge in [-0.05, 0) is 26.0 Å². The molecule has 0 heterocycles. The van der Waals surface area contributed by atoms with Gasteiger partial charge >= 0.3 is 5.97 Å². The van der Waals surface area contributed by atoms with Crippen LogP contribution in [-0.2, 0) is 9.59 Å². The number of aliphatic carboxylic acids is 1. The van der Waals surface area contributed by atoms with Crippen molar-refractivity contribution in [3.63, 3.8) is 0 Å². The maximum absolute atomic E-state index is 11.8. The predicted octanol–water partition coefficient (Wildman–Crippen LogP) is 1.76. The van der Waals surface area contributed by atoms with E-state index in [1.54, 1.807) is 13.8 Å². The second-order valence-corrected chi connectivity index (χ2v) is 5.70. The summed E-state index contributed by atoms with van der Waals surface area (Å²) in [5.74, 6) is -1.33. The molecule has 0 fully saturated rings. The van der Waals surface area contributed by atoms with Crippen LogP contribution in [0.3, 0.4) is 0 Å². The lowest BCUT2D eigenvalue weighted by molar-refractivity contribution is -0.138. The molecule has 0 radical (unpaired) electrons. The van der Waals surface area contributed by atoms with Crippen LogP contribution in [0.15, 0.2) is 35.2 Å². The first kappa shape index (κ1) is 13.6. The molecular weight excluding hydrogens is 238 g/mol. The van der Waals surface area contributed by atoms with Crippen molar-refractivity contribution < 1.29 is 14.7 Å². The molecular formula is C12H15NO3S. The topological polar surface area (TPSA) is 66.4 Å². The summed E-state index contributed by atoms with van der Waals surface area (Å²) in [7, 11) is 0. The molecule has 0 aromatic heterocycles. The first-order valence-corrected chi connectivity index (χ1v) is 5.97. The van der Waals surface area contributed by atoms with Crippen LogP contribution in [-0.4, -0.2) is 28.3 Å². The molecule has 0 aliphatic rings. The minimum atomic E-state index is -1.04. The average Bonchev–Trinajstić information content (AvgIpc) is 2.26. The molecule has 17 heavy (non-hydrogen) atoms. The lowest BCUT2D eigenvalue weighted by Crippen LogP contribution is -2.41. The summed E-state index contributed by atoms with van der Waals surface area (Å²) < 4.78 is -0.698. The van der Waals surface area contributed by atoms with Crippen LogP contribution in [0.5, 0.6) is 0 Å². The van der Waals surface area contributed by atoms with Gasteiger partial charge in [-0.2, -0.15) is 0 Å². The first-order valence-electron chi connectivity index (χ1n) is 5.16. The van der Waals surface area contributed by atoms with E-state index in [-0.39, 0.29) is 12.5 Å². The van der Waals surface area contributed by atoms with Crippen molar-refractivity contribution in [1.82, 2.24) is 5.32 Å². The highest BCUT2D eigenvalue weighted by Crippen LogP contribution is 2.32. The zero-order chi connectivity index (χ0) is 12.9. The number of thioether (sulfide) groups is 1. The van der Waals surface area contributed by atoms with Crippen molar-refractivity contribution in [1.29, 1.82) is 0 Å². The minimum absolute atomic E-state index is 0.284. The summed E-state index contributed by atoms with van der Waals surface area (Å²) in [5.41, 5.74) is 0. The number of hydrogen-bond donors (Lipinski definition) is 2. The van der Waals surface area contributed by atoms with Crippen molar-refractivity contribution in [2.45, 2.75) is 23.5 Å². The van der Waals surface area contributed by atoms with E-state index in [9.17, 15) is 9.59 Å². The quantitative estimate of drug-likeness (QED) is 0.785. The third kappa shape index (κ3) is 4.48. The lowest BCUT2D eigenvalue weighted by Gasteiger charge is -2.22. The Hall–Kier alpha value is -1.49. The Bertz CT molecular complexity index is 403. The molecule has 1 aromatic rings. The smallest absolute Gasteiger partial charge is 0.322 e. The van der Waals surface area contributed by atoms with Crippen LogP contribution >= 0.6 is 11.8 Å². The molecule has 92 valence electrons. The molecule has 0 aliphatic carbocycles. The normalized spacial score (nSPS) is 10.9. The second-order valence-electron chi connectivity index (χ2n) is 4.00. The van der Waals surface area contributed by atoms with Gasteiger partial charge in [-0.3, -0.25) is 9.59 Å². The molecule has 2 N–H and O–H groups in total. The summed E-state index contributed by atoms with van der Waals surface area (Å²) in [6.45, 7) is 3.18. The van der Waals surface area contributed by atoms with Gasteiger partial charge in [-0.25, -0.2) is 0 Å². The Morgan fingerprint density at radius 3 is 2.41 bits per heavy atom. The number of amides is 1. The third-order valence-corrected chi connectivity index (χ3v) is 3.27. The van der Waals surface area contributed by atoms with Gasteiger partial charge in [0.05, 0.1) is 4.75 Å². The van der Waals surface area contributed by atoms with Gasteiger partial charge in [0.1, 0.15) is 6.54 Å². The van der Waals surface area contributed by atoms with E-state index < -0.39 is 10.7 Å². The summed E-state index contributed by atoms with van der Waals surface area (Å²) >= 11 is 1.40. The zero-order valence-corrected chi connectivity index (χ0v) is 10.6. The van der Waals surface area contributed by atoms with Gasteiger partial charge in [-0.1, -0.05) is 18.2 Å². The monoisotopic (exact) mass is 253 g/mol. The van der Waals surface area contributed by atoms with E-state index >= 15 is 0 Å². The standard InChI is InChI=1S/C12H15NO3S/c1-12(2,11(16)13-8-10(14)15)17-9-6-4-3-5-7-9/h3-7H,8H2,1-2H3,(H,13,16)(H,14,15). The lowest BCUT2D eigenvalue weighted by atomic mass is 10.2. The number of benzene rings is 1. The average molecular weight is 253 g/mol. The number of carbonyl (C=O) groups is 2. The van der Waals surface area contributed by atoms with E-state index in [2.05, 4.69) is 5.32 Å². The zero-order valence-electron chi connectivity index (χ0n) is 9.77. The van der Waals surface area contributed by atoms with E-state index in [0.717, 1.165) is 4.90 Å². The minimum Gasteiger partial charge on any atom is -0.480 e. The Kier molecular flexibility index (Phi) is 4.57. The maximum atomic E-state index is 11.8. The van der Waals surface area contributed by atoms with Crippen LogP contribution in [0.1, 0.15) is 13.8 Å². The number of hydrogen-bond acceptors (Lipinski definition) is 3. The van der Waals surface area contributed by atoms with Crippen LogP contribution in [0.2, 0.25) is 0 Å². The van der Waals surface area contributed by atoms with E-state index in [4.69, 9.17) is 5.11 Å². The van der Waals surface area contributed by atoms with Crippen molar-refractivity contribution in [2.75, 3.05) is 6.54 Å². The van der Waals surface area contributed by atoms with E-state index in [0.29, 0.717) is 0 Å². The molecule has 5 heteroatoms. The highest BCUT2D eigenvalue weighted by atomic mass is 32.2. The molecule has 1 rings (SSSR count). The van der Waals surface area contributed by atoms with Gasteiger partial charge in [0.15, 0.2) is 0 Å². The molecule has 0 saturated heterocycles. The fraction of sp³-hybridized carbons (Fsp3) is 0.333. The van der Waals surface area contributed by atoms with Crippen molar-refractivity contribution in [3.05, 3.63) is 30.3 Å². The fourth-order valence-corrected chi connectivity index (χ4v) is 2.25. The van der Waals surface area contributed by atoms with Gasteiger partial charge in [0, 0.05) is 4.90 Å². The van der Waals surface area contributed by atoms with Gasteiger partial charge < -0.3 is 10.4 Å². The molecule has 0 bridgehead atoms. The Balaban J connectivity index is 2.61. The highest BCUT2D eigenvalue weighted by Gasteiger charge is 2.28. The van der Waals surface area contributed by atoms with E-state index in [1.165, 1.54) is 11.8 Å². The van der Waals surface area contributed by atoms with Crippen molar-refractivity contribution >= 4 is 23.6 Å². The number of rotatable bonds is 5. The van der Waals surface area contributed by atoms with E-state index in [1.807, 2.05) is 30.3 Å². The Morgan fingerprint density at radius 1 is 1.29 bits per heavy atom. The molecule has 1 amide bonds. The van der Waals surface area contributed by atoms with Gasteiger partial charge in [0.25, 0.3) is 0 Å². The van der Waals surface area contributed by atoms with Gasteiger partial charge in [-0.15, -0.1) is 11.8 Å². The number of carboxylic acid groups (broad SMARTS) is 1. The number of nitrogens with one attached hydrogen (secondary N) is 1. The Labute approximate surface area is 104 Å².